The lowest BCUT2D eigenvalue weighted by Gasteiger charge is -2.23. The van der Waals surface area contributed by atoms with Crippen LogP contribution in [0.4, 0.5) is 0 Å². The van der Waals surface area contributed by atoms with Gasteiger partial charge >= 0.3 is 0 Å². The number of carbonyl (C=O) groups is 1. The summed E-state index contributed by atoms with van der Waals surface area (Å²) in [4.78, 5) is 14.2. The first-order valence-corrected chi connectivity index (χ1v) is 9.93. The highest BCUT2D eigenvalue weighted by atomic mass is 16.5. The van der Waals surface area contributed by atoms with E-state index in [1.165, 1.54) is 16.0 Å². The number of Topliss-reactive ketones (excluding diaryl/α,β-unsaturated/α-hetero) is 1. The number of ether oxygens (including phenoxy) is 1. The lowest BCUT2D eigenvalue weighted by molar-refractivity contribution is -0.899. The SMILES string of the molecule is Cc1cc(C(=O)C[NH+]2CCOCC2)c(C)n1-c1ccc(-c2ccccc2)cc1. The highest BCUT2D eigenvalue weighted by Crippen LogP contribution is 2.24. The highest BCUT2D eigenvalue weighted by Gasteiger charge is 2.22. The molecule has 0 aliphatic carbocycles. The van der Waals surface area contributed by atoms with E-state index in [0.717, 1.165) is 48.9 Å². The van der Waals surface area contributed by atoms with Crippen LogP contribution >= 0.6 is 0 Å². The van der Waals surface area contributed by atoms with Gasteiger partial charge in [-0.15, -0.1) is 0 Å². The van der Waals surface area contributed by atoms with Crippen molar-refractivity contribution in [2.45, 2.75) is 13.8 Å². The zero-order valence-electron chi connectivity index (χ0n) is 16.6. The monoisotopic (exact) mass is 375 g/mol. The molecule has 2 heterocycles. The molecule has 1 saturated heterocycles. The number of carbonyl (C=O) groups excluding carboxylic acids is 1. The number of rotatable bonds is 5. The third-order valence-corrected chi connectivity index (χ3v) is 5.57. The van der Waals surface area contributed by atoms with Gasteiger partial charge in [0.1, 0.15) is 19.6 Å². The van der Waals surface area contributed by atoms with Gasteiger partial charge in [0, 0.05) is 22.6 Å². The van der Waals surface area contributed by atoms with E-state index in [2.05, 4.69) is 60.0 Å². The Kier molecular flexibility index (Phi) is 5.42. The first-order chi connectivity index (χ1) is 13.6. The molecule has 1 fully saturated rings. The number of benzene rings is 2. The van der Waals surface area contributed by atoms with Crippen LogP contribution in [0.3, 0.4) is 0 Å². The molecule has 0 radical (unpaired) electrons. The fourth-order valence-electron chi connectivity index (χ4n) is 4.04. The van der Waals surface area contributed by atoms with E-state index in [0.29, 0.717) is 6.54 Å². The second kappa shape index (κ2) is 8.13. The summed E-state index contributed by atoms with van der Waals surface area (Å²) in [6.45, 7) is 7.96. The molecule has 4 heteroatoms. The maximum absolute atomic E-state index is 12.9. The fraction of sp³-hybridized carbons (Fsp3) is 0.292. The quantitative estimate of drug-likeness (QED) is 0.696. The Bertz CT molecular complexity index is 952. The van der Waals surface area contributed by atoms with Crippen LogP contribution in [-0.4, -0.2) is 43.2 Å². The van der Waals surface area contributed by atoms with Crippen LogP contribution in [0.5, 0.6) is 0 Å². The molecule has 4 nitrogen and oxygen atoms in total. The second-order valence-electron chi connectivity index (χ2n) is 7.50. The Morgan fingerprint density at radius 1 is 0.964 bits per heavy atom. The summed E-state index contributed by atoms with van der Waals surface area (Å²) in [7, 11) is 0. The van der Waals surface area contributed by atoms with Crippen LogP contribution in [-0.2, 0) is 4.74 Å². The average molecular weight is 375 g/mol. The zero-order chi connectivity index (χ0) is 19.5. The van der Waals surface area contributed by atoms with Gasteiger partial charge in [0.15, 0.2) is 0 Å². The van der Waals surface area contributed by atoms with E-state index in [1.54, 1.807) is 0 Å². The molecule has 0 spiro atoms. The van der Waals surface area contributed by atoms with Crippen LogP contribution in [0.15, 0.2) is 60.7 Å². The third-order valence-electron chi connectivity index (χ3n) is 5.57. The van der Waals surface area contributed by atoms with Crippen molar-refractivity contribution in [3.63, 3.8) is 0 Å². The predicted molar refractivity (Wildman–Crippen MR) is 111 cm³/mol. The lowest BCUT2D eigenvalue weighted by atomic mass is 10.1. The van der Waals surface area contributed by atoms with Gasteiger partial charge in [-0.05, 0) is 43.2 Å². The number of hydrogen-bond donors (Lipinski definition) is 1. The van der Waals surface area contributed by atoms with Crippen molar-refractivity contribution in [1.29, 1.82) is 0 Å². The molecule has 144 valence electrons. The Hall–Kier alpha value is -2.69. The third kappa shape index (κ3) is 3.79. The van der Waals surface area contributed by atoms with Gasteiger partial charge in [0.25, 0.3) is 0 Å². The molecule has 0 unspecified atom stereocenters. The number of nitrogens with zero attached hydrogens (tertiary/aromatic N) is 1. The lowest BCUT2D eigenvalue weighted by Crippen LogP contribution is -3.14. The number of morpholine rings is 1. The van der Waals surface area contributed by atoms with Gasteiger partial charge in [0.2, 0.25) is 5.78 Å². The summed E-state index contributed by atoms with van der Waals surface area (Å²) in [6.07, 6.45) is 0. The Labute approximate surface area is 166 Å². The van der Waals surface area contributed by atoms with Crippen molar-refractivity contribution in [2.24, 2.45) is 0 Å². The van der Waals surface area contributed by atoms with Crippen molar-refractivity contribution in [2.75, 3.05) is 32.8 Å². The Morgan fingerprint density at radius 2 is 1.61 bits per heavy atom. The summed E-state index contributed by atoms with van der Waals surface area (Å²) in [5, 5.41) is 0. The van der Waals surface area contributed by atoms with Crippen molar-refractivity contribution in [1.82, 2.24) is 4.57 Å². The van der Waals surface area contributed by atoms with Crippen LogP contribution in [0.2, 0.25) is 0 Å². The minimum absolute atomic E-state index is 0.220. The van der Waals surface area contributed by atoms with Gasteiger partial charge in [-0.2, -0.15) is 0 Å². The van der Waals surface area contributed by atoms with E-state index >= 15 is 0 Å². The summed E-state index contributed by atoms with van der Waals surface area (Å²) >= 11 is 0. The topological polar surface area (TPSA) is 35.7 Å². The summed E-state index contributed by atoms with van der Waals surface area (Å²) in [5.41, 5.74) is 6.43. The van der Waals surface area contributed by atoms with Gasteiger partial charge in [-0.1, -0.05) is 42.5 Å². The van der Waals surface area contributed by atoms with E-state index in [9.17, 15) is 4.79 Å². The average Bonchev–Trinajstić information content (AvgIpc) is 3.04. The summed E-state index contributed by atoms with van der Waals surface area (Å²) < 4.78 is 7.57. The molecule has 1 aromatic heterocycles. The number of hydrogen-bond acceptors (Lipinski definition) is 2. The zero-order valence-corrected chi connectivity index (χ0v) is 16.6. The smallest absolute Gasteiger partial charge is 0.218 e. The number of aromatic nitrogens is 1. The molecule has 1 aliphatic rings. The summed E-state index contributed by atoms with van der Waals surface area (Å²) in [6, 6.07) is 20.9. The normalized spacial score (nSPS) is 14.9. The number of nitrogens with one attached hydrogen (secondary N) is 1. The molecule has 1 N–H and O–H groups in total. The van der Waals surface area contributed by atoms with Crippen molar-refractivity contribution in [3.8, 4) is 16.8 Å². The highest BCUT2D eigenvalue weighted by molar-refractivity contribution is 5.98. The molecule has 4 rings (SSSR count). The number of ketones is 1. The molecule has 0 saturated carbocycles. The molecule has 0 atom stereocenters. The maximum Gasteiger partial charge on any atom is 0.218 e. The Morgan fingerprint density at radius 3 is 2.29 bits per heavy atom. The van der Waals surface area contributed by atoms with Crippen LogP contribution < -0.4 is 4.90 Å². The molecular weight excluding hydrogens is 348 g/mol. The van der Waals surface area contributed by atoms with E-state index in [4.69, 9.17) is 4.74 Å². The van der Waals surface area contributed by atoms with Gasteiger partial charge in [-0.25, -0.2) is 0 Å². The van der Waals surface area contributed by atoms with Crippen molar-refractivity contribution in [3.05, 3.63) is 77.6 Å². The molecule has 1 aliphatic heterocycles. The van der Waals surface area contributed by atoms with Crippen LogP contribution in [0.25, 0.3) is 16.8 Å². The summed E-state index contributed by atoms with van der Waals surface area (Å²) in [5.74, 6) is 0.220. The van der Waals surface area contributed by atoms with Gasteiger partial charge < -0.3 is 14.2 Å². The van der Waals surface area contributed by atoms with E-state index < -0.39 is 0 Å². The maximum atomic E-state index is 12.9. The Balaban J connectivity index is 1.57. The first kappa shape index (κ1) is 18.7. The number of quaternary nitrogens is 1. The van der Waals surface area contributed by atoms with Crippen LogP contribution in [0, 0.1) is 13.8 Å². The van der Waals surface area contributed by atoms with E-state index in [-0.39, 0.29) is 5.78 Å². The predicted octanol–water partition coefficient (Wildman–Crippen LogP) is 2.86. The largest absolute Gasteiger partial charge is 0.370 e. The minimum atomic E-state index is 0.220. The standard InChI is InChI=1S/C24H26N2O2/c1-18-16-23(24(27)17-25-12-14-28-15-13-25)19(2)26(18)22-10-8-21(9-11-22)20-6-4-3-5-7-20/h3-11,16H,12-15,17H2,1-2H3/p+1. The van der Waals surface area contributed by atoms with Gasteiger partial charge in [-0.3, -0.25) is 4.79 Å². The van der Waals surface area contributed by atoms with E-state index in [1.807, 2.05) is 19.1 Å². The second-order valence-corrected chi connectivity index (χ2v) is 7.50. The van der Waals surface area contributed by atoms with Crippen LogP contribution in [0.1, 0.15) is 21.7 Å². The first-order valence-electron chi connectivity index (χ1n) is 9.93. The molecule has 28 heavy (non-hydrogen) atoms. The van der Waals surface area contributed by atoms with Gasteiger partial charge in [0.05, 0.1) is 13.2 Å². The molecule has 2 aromatic carbocycles. The molecule has 0 bridgehead atoms. The number of aryl methyl sites for hydroxylation is 1. The molecule has 3 aromatic rings. The molecular formula is C24H27N2O2+. The fourth-order valence-corrected chi connectivity index (χ4v) is 4.04. The molecule has 0 amide bonds. The minimum Gasteiger partial charge on any atom is -0.370 e. The van der Waals surface area contributed by atoms with Crippen molar-refractivity contribution < 1.29 is 14.4 Å². The van der Waals surface area contributed by atoms with Crippen molar-refractivity contribution >= 4 is 5.78 Å².